The van der Waals surface area contributed by atoms with Crippen LogP contribution in [0, 0.1) is 0 Å². The second kappa shape index (κ2) is 11.9. The second-order valence-electron chi connectivity index (χ2n) is 9.56. The first-order valence-electron chi connectivity index (χ1n) is 13.2. The molecule has 0 bridgehead atoms. The summed E-state index contributed by atoms with van der Waals surface area (Å²) in [6.07, 6.45) is 2.62. The SMILES string of the molecule is CCCOc1ccc(S(=O)(=O)N2CCC(P(=O)(O)OCC)CC2)cc1-c1nc2c(CCC)nn(C)c2c(=O)[nH]1. The number of benzene rings is 1. The molecule has 0 spiro atoms. The van der Waals surface area contributed by atoms with E-state index in [0.29, 0.717) is 41.1 Å². The summed E-state index contributed by atoms with van der Waals surface area (Å²) in [5, 5.41) is 4.45. The maximum absolute atomic E-state index is 13.6. The van der Waals surface area contributed by atoms with Gasteiger partial charge in [0.1, 0.15) is 17.1 Å². The molecule has 1 fully saturated rings. The molecule has 1 aromatic carbocycles. The standard InChI is InChI=1S/C25H36N5O7PS/c1-5-8-20-22-23(29(4)28-20)25(31)27-24(26-22)19-16-18(9-10-21(19)36-15-6-2)39(34,35)30-13-11-17(12-14-30)38(32,33)37-7-3/h9-10,16-17H,5-8,11-15H2,1-4H3,(H,32,33)(H,26,27,31). The lowest BCUT2D eigenvalue weighted by molar-refractivity contribution is 0.245. The van der Waals surface area contributed by atoms with Gasteiger partial charge >= 0.3 is 7.60 Å². The van der Waals surface area contributed by atoms with Crippen molar-refractivity contribution >= 4 is 28.7 Å². The van der Waals surface area contributed by atoms with Crippen molar-refractivity contribution < 1.29 is 27.1 Å². The summed E-state index contributed by atoms with van der Waals surface area (Å²) < 4.78 is 53.4. The van der Waals surface area contributed by atoms with Crippen molar-refractivity contribution in [2.45, 2.75) is 63.4 Å². The highest BCUT2D eigenvalue weighted by Gasteiger charge is 2.38. The van der Waals surface area contributed by atoms with Crippen LogP contribution >= 0.6 is 7.60 Å². The van der Waals surface area contributed by atoms with Crippen LogP contribution < -0.4 is 10.3 Å². The summed E-state index contributed by atoms with van der Waals surface area (Å²) in [6, 6.07) is 4.50. The number of H-pyrrole nitrogens is 1. The zero-order valence-corrected chi connectivity index (χ0v) is 24.4. The van der Waals surface area contributed by atoms with Gasteiger partial charge in [0.05, 0.1) is 35.0 Å². The van der Waals surface area contributed by atoms with Crippen LogP contribution in [0.15, 0.2) is 27.9 Å². The molecule has 1 aliphatic heterocycles. The maximum atomic E-state index is 13.6. The Morgan fingerprint density at radius 1 is 1.18 bits per heavy atom. The molecule has 0 radical (unpaired) electrons. The smallest absolute Gasteiger partial charge is 0.331 e. The van der Waals surface area contributed by atoms with Crippen LogP contribution in [0.5, 0.6) is 5.75 Å². The van der Waals surface area contributed by atoms with Crippen LogP contribution in [0.2, 0.25) is 0 Å². The Morgan fingerprint density at radius 3 is 2.54 bits per heavy atom. The zero-order chi connectivity index (χ0) is 28.4. The second-order valence-corrected chi connectivity index (χ2v) is 13.6. The van der Waals surface area contributed by atoms with E-state index in [1.165, 1.54) is 21.1 Å². The summed E-state index contributed by atoms with van der Waals surface area (Å²) >= 11 is 0. The van der Waals surface area contributed by atoms with Crippen molar-refractivity contribution in [2.75, 3.05) is 26.3 Å². The van der Waals surface area contributed by atoms with Crippen LogP contribution in [0.1, 0.15) is 52.1 Å². The molecule has 1 saturated heterocycles. The Bertz CT molecular complexity index is 1540. The minimum Gasteiger partial charge on any atom is -0.493 e. The fraction of sp³-hybridized carbons (Fsp3) is 0.560. The third-order valence-electron chi connectivity index (χ3n) is 6.75. The third kappa shape index (κ3) is 5.97. The molecule has 2 N–H and O–H groups in total. The molecular formula is C25H36N5O7PS. The zero-order valence-electron chi connectivity index (χ0n) is 22.7. The number of ether oxygens (including phenoxy) is 1. The van der Waals surface area contributed by atoms with E-state index in [1.54, 1.807) is 20.0 Å². The Morgan fingerprint density at radius 2 is 1.90 bits per heavy atom. The lowest BCUT2D eigenvalue weighted by Gasteiger charge is -2.32. The number of piperidine rings is 1. The van der Waals surface area contributed by atoms with E-state index in [-0.39, 0.29) is 48.8 Å². The van der Waals surface area contributed by atoms with Crippen LogP contribution in [0.25, 0.3) is 22.4 Å². The molecule has 12 nitrogen and oxygen atoms in total. The number of rotatable bonds is 11. The van der Waals surface area contributed by atoms with Gasteiger partial charge in [-0.3, -0.25) is 14.0 Å². The lowest BCUT2D eigenvalue weighted by atomic mass is 10.1. The van der Waals surface area contributed by atoms with Crippen molar-refractivity contribution in [1.29, 1.82) is 0 Å². The molecule has 3 heterocycles. The van der Waals surface area contributed by atoms with Gasteiger partial charge in [-0.05, 0) is 50.8 Å². The van der Waals surface area contributed by atoms with Crippen LogP contribution in [-0.4, -0.2) is 69.3 Å². The van der Waals surface area contributed by atoms with Gasteiger partial charge in [-0.25, -0.2) is 13.4 Å². The molecular weight excluding hydrogens is 545 g/mol. The number of hydrogen-bond acceptors (Lipinski definition) is 8. The van der Waals surface area contributed by atoms with E-state index < -0.39 is 23.3 Å². The first-order valence-corrected chi connectivity index (χ1v) is 16.3. The Balaban J connectivity index is 1.73. The van der Waals surface area contributed by atoms with Gasteiger partial charge in [0.15, 0.2) is 5.52 Å². The lowest BCUT2D eigenvalue weighted by Crippen LogP contribution is -2.40. The van der Waals surface area contributed by atoms with E-state index in [9.17, 15) is 22.7 Å². The van der Waals surface area contributed by atoms with Crippen LogP contribution in [-0.2, 0) is 32.6 Å². The van der Waals surface area contributed by atoms with Crippen molar-refractivity contribution in [3.05, 3.63) is 34.2 Å². The average Bonchev–Trinajstić information content (AvgIpc) is 3.22. The first-order chi connectivity index (χ1) is 18.5. The fourth-order valence-electron chi connectivity index (χ4n) is 4.82. The number of aromatic nitrogens is 4. The van der Waals surface area contributed by atoms with Gasteiger partial charge in [-0.1, -0.05) is 20.3 Å². The van der Waals surface area contributed by atoms with Crippen molar-refractivity contribution in [3.8, 4) is 17.1 Å². The number of hydrogen-bond donors (Lipinski definition) is 2. The van der Waals surface area contributed by atoms with E-state index in [1.807, 2.05) is 13.8 Å². The number of sulfonamides is 1. The van der Waals surface area contributed by atoms with E-state index in [4.69, 9.17) is 14.2 Å². The van der Waals surface area contributed by atoms with Gasteiger partial charge in [-0.2, -0.15) is 9.40 Å². The molecule has 14 heteroatoms. The van der Waals surface area contributed by atoms with Gasteiger partial charge in [0.25, 0.3) is 5.56 Å². The molecule has 2 aromatic heterocycles. The summed E-state index contributed by atoms with van der Waals surface area (Å²) in [4.78, 5) is 30.7. The number of aromatic amines is 1. The summed E-state index contributed by atoms with van der Waals surface area (Å²) in [5.74, 6) is 0.591. The monoisotopic (exact) mass is 581 g/mol. The summed E-state index contributed by atoms with van der Waals surface area (Å²) in [7, 11) is -6.06. The van der Waals surface area contributed by atoms with E-state index in [2.05, 4.69) is 10.1 Å². The fourth-order valence-corrected chi connectivity index (χ4v) is 7.78. The molecule has 39 heavy (non-hydrogen) atoms. The predicted molar refractivity (Wildman–Crippen MR) is 148 cm³/mol. The average molecular weight is 582 g/mol. The molecule has 214 valence electrons. The predicted octanol–water partition coefficient (Wildman–Crippen LogP) is 3.44. The molecule has 4 rings (SSSR count). The van der Waals surface area contributed by atoms with Gasteiger partial charge < -0.3 is 19.1 Å². The Kier molecular flexibility index (Phi) is 8.97. The number of nitrogens with zero attached hydrogens (tertiary/aromatic N) is 4. The van der Waals surface area contributed by atoms with Crippen LogP contribution in [0.4, 0.5) is 0 Å². The topological polar surface area (TPSA) is 157 Å². The third-order valence-corrected chi connectivity index (χ3v) is 10.7. The molecule has 3 aromatic rings. The highest BCUT2D eigenvalue weighted by molar-refractivity contribution is 7.89. The first kappa shape index (κ1) is 29.4. The number of nitrogens with one attached hydrogen (secondary N) is 1. The summed E-state index contributed by atoms with van der Waals surface area (Å²) in [6.45, 7) is 6.30. The molecule has 0 aliphatic carbocycles. The Labute approximate surface area is 227 Å². The minimum absolute atomic E-state index is 0.0134. The van der Waals surface area contributed by atoms with Gasteiger partial charge in [-0.15, -0.1) is 0 Å². The van der Waals surface area contributed by atoms with Gasteiger partial charge in [0.2, 0.25) is 10.0 Å². The molecule has 0 amide bonds. The number of aryl methyl sites for hydroxylation is 2. The maximum Gasteiger partial charge on any atom is 0.331 e. The van der Waals surface area contributed by atoms with E-state index in [0.717, 1.165) is 12.8 Å². The van der Waals surface area contributed by atoms with Crippen molar-refractivity contribution in [3.63, 3.8) is 0 Å². The van der Waals surface area contributed by atoms with Gasteiger partial charge in [0, 0.05) is 20.1 Å². The highest BCUT2D eigenvalue weighted by Crippen LogP contribution is 2.51. The highest BCUT2D eigenvalue weighted by atomic mass is 32.2. The largest absolute Gasteiger partial charge is 0.493 e. The van der Waals surface area contributed by atoms with Crippen molar-refractivity contribution in [1.82, 2.24) is 24.1 Å². The minimum atomic E-state index is -3.95. The normalized spacial score (nSPS) is 16.9. The van der Waals surface area contributed by atoms with E-state index >= 15 is 0 Å². The molecule has 0 saturated carbocycles. The molecule has 1 aliphatic rings. The van der Waals surface area contributed by atoms with Crippen LogP contribution in [0.3, 0.4) is 0 Å². The van der Waals surface area contributed by atoms with Crippen molar-refractivity contribution in [2.24, 2.45) is 7.05 Å². The number of fused-ring (bicyclic) bond motifs is 1. The molecule has 1 unspecified atom stereocenters. The summed E-state index contributed by atoms with van der Waals surface area (Å²) in [5.41, 5.74) is 0.865. The quantitative estimate of drug-likeness (QED) is 0.324. The molecule has 1 atom stereocenters. The Hall–Kier alpha value is -2.57.